The number of carbonyl (C=O) groups excluding carboxylic acids is 1. The van der Waals surface area contributed by atoms with Crippen molar-refractivity contribution in [2.45, 2.75) is 39.2 Å². The van der Waals surface area contributed by atoms with E-state index in [0.717, 1.165) is 30.1 Å². The third kappa shape index (κ3) is 3.01. The molecular formula is C11H19N3O2S. The standard InChI is InChI=1S/C11H19N3O2S/c1-5-6-8-9(17-13-12-8)10(16)14(4)11(2,3)7-15/h15H,5-7H2,1-4H3. The van der Waals surface area contributed by atoms with Gasteiger partial charge in [0.1, 0.15) is 4.88 Å². The lowest BCUT2D eigenvalue weighted by Crippen LogP contribution is -2.47. The highest BCUT2D eigenvalue weighted by atomic mass is 32.1. The zero-order chi connectivity index (χ0) is 13.1. The maximum Gasteiger partial charge on any atom is 0.267 e. The van der Waals surface area contributed by atoms with Crippen molar-refractivity contribution in [3.63, 3.8) is 0 Å². The van der Waals surface area contributed by atoms with Crippen molar-refractivity contribution in [3.05, 3.63) is 10.6 Å². The van der Waals surface area contributed by atoms with Gasteiger partial charge in [0, 0.05) is 7.05 Å². The fourth-order valence-corrected chi connectivity index (χ4v) is 1.99. The minimum absolute atomic E-state index is 0.0788. The molecule has 5 nitrogen and oxygen atoms in total. The third-order valence-corrected chi connectivity index (χ3v) is 3.59. The molecule has 0 saturated carbocycles. The average molecular weight is 257 g/mol. The Labute approximate surface area is 106 Å². The zero-order valence-electron chi connectivity index (χ0n) is 10.7. The van der Waals surface area contributed by atoms with Crippen LogP contribution in [0, 0.1) is 0 Å². The summed E-state index contributed by atoms with van der Waals surface area (Å²) in [6.07, 6.45) is 1.68. The van der Waals surface area contributed by atoms with Crippen molar-refractivity contribution in [1.82, 2.24) is 14.5 Å². The van der Waals surface area contributed by atoms with Gasteiger partial charge in [-0.05, 0) is 31.8 Å². The zero-order valence-corrected chi connectivity index (χ0v) is 11.5. The van der Waals surface area contributed by atoms with Gasteiger partial charge in [-0.15, -0.1) is 5.10 Å². The second-order valence-electron chi connectivity index (χ2n) is 4.63. The number of rotatable bonds is 5. The molecule has 1 aromatic heterocycles. The molecule has 0 aliphatic heterocycles. The van der Waals surface area contributed by atoms with Crippen LogP contribution in [0.4, 0.5) is 0 Å². The van der Waals surface area contributed by atoms with E-state index >= 15 is 0 Å². The van der Waals surface area contributed by atoms with Crippen molar-refractivity contribution < 1.29 is 9.90 Å². The summed E-state index contributed by atoms with van der Waals surface area (Å²) in [4.78, 5) is 14.4. The topological polar surface area (TPSA) is 66.3 Å². The van der Waals surface area contributed by atoms with Gasteiger partial charge in [-0.3, -0.25) is 4.79 Å². The quantitative estimate of drug-likeness (QED) is 0.864. The summed E-state index contributed by atoms with van der Waals surface area (Å²) in [5.41, 5.74) is 0.174. The minimum Gasteiger partial charge on any atom is -0.394 e. The van der Waals surface area contributed by atoms with Gasteiger partial charge in [-0.2, -0.15) is 0 Å². The number of hydrogen-bond donors (Lipinski definition) is 1. The van der Waals surface area contributed by atoms with E-state index in [0.29, 0.717) is 4.88 Å². The van der Waals surface area contributed by atoms with Crippen LogP contribution < -0.4 is 0 Å². The Morgan fingerprint density at radius 3 is 2.71 bits per heavy atom. The number of likely N-dealkylation sites (N-methyl/N-ethyl adjacent to an activating group) is 1. The molecular weight excluding hydrogens is 238 g/mol. The molecule has 1 N–H and O–H groups in total. The van der Waals surface area contributed by atoms with Crippen LogP contribution >= 0.6 is 11.5 Å². The molecule has 6 heteroatoms. The van der Waals surface area contributed by atoms with E-state index in [4.69, 9.17) is 0 Å². The smallest absolute Gasteiger partial charge is 0.267 e. The van der Waals surface area contributed by atoms with E-state index in [-0.39, 0.29) is 12.5 Å². The molecule has 0 bridgehead atoms. The molecule has 1 aromatic rings. The second-order valence-corrected chi connectivity index (χ2v) is 5.39. The summed E-state index contributed by atoms with van der Waals surface area (Å²) in [5.74, 6) is -0.123. The van der Waals surface area contributed by atoms with Crippen molar-refractivity contribution in [3.8, 4) is 0 Å². The van der Waals surface area contributed by atoms with Gasteiger partial charge in [0.2, 0.25) is 0 Å². The molecule has 1 heterocycles. The first-order chi connectivity index (χ1) is 7.94. The van der Waals surface area contributed by atoms with Crippen LogP contribution in [0.1, 0.15) is 42.6 Å². The first-order valence-electron chi connectivity index (χ1n) is 5.64. The van der Waals surface area contributed by atoms with E-state index in [1.54, 1.807) is 11.9 Å². The van der Waals surface area contributed by atoms with E-state index in [9.17, 15) is 9.90 Å². The lowest BCUT2D eigenvalue weighted by molar-refractivity contribution is 0.0476. The van der Waals surface area contributed by atoms with Crippen LogP contribution in [0.5, 0.6) is 0 Å². The highest BCUT2D eigenvalue weighted by Crippen LogP contribution is 2.20. The molecule has 0 fully saturated rings. The molecule has 0 spiro atoms. The molecule has 0 unspecified atom stereocenters. The van der Waals surface area contributed by atoms with Crippen LogP contribution in [0.15, 0.2) is 0 Å². The number of aryl methyl sites for hydroxylation is 1. The number of aliphatic hydroxyl groups is 1. The number of carbonyl (C=O) groups is 1. The molecule has 0 aliphatic carbocycles. The summed E-state index contributed by atoms with van der Waals surface area (Å²) in [5, 5.41) is 13.2. The van der Waals surface area contributed by atoms with Crippen LogP contribution in [0.3, 0.4) is 0 Å². The van der Waals surface area contributed by atoms with Crippen LogP contribution in [0.25, 0.3) is 0 Å². The summed E-state index contributed by atoms with van der Waals surface area (Å²) < 4.78 is 3.83. The van der Waals surface area contributed by atoms with Gasteiger partial charge in [0.15, 0.2) is 0 Å². The summed E-state index contributed by atoms with van der Waals surface area (Å²) in [6.45, 7) is 5.59. The van der Waals surface area contributed by atoms with Gasteiger partial charge < -0.3 is 10.0 Å². The van der Waals surface area contributed by atoms with Gasteiger partial charge in [-0.1, -0.05) is 17.8 Å². The molecule has 0 saturated heterocycles. The lowest BCUT2D eigenvalue weighted by atomic mass is 10.0. The van der Waals surface area contributed by atoms with Crippen molar-refractivity contribution in [1.29, 1.82) is 0 Å². The Morgan fingerprint density at radius 2 is 2.18 bits per heavy atom. The Hall–Kier alpha value is -1.01. The summed E-state index contributed by atoms with van der Waals surface area (Å²) in [7, 11) is 1.69. The van der Waals surface area contributed by atoms with Gasteiger partial charge >= 0.3 is 0 Å². The maximum atomic E-state index is 12.3. The first kappa shape index (κ1) is 14.1. The highest BCUT2D eigenvalue weighted by molar-refractivity contribution is 7.08. The molecule has 0 radical (unpaired) electrons. The number of aromatic nitrogens is 2. The monoisotopic (exact) mass is 257 g/mol. The van der Waals surface area contributed by atoms with E-state index in [1.807, 2.05) is 20.8 Å². The fourth-order valence-electron chi connectivity index (χ4n) is 1.30. The Morgan fingerprint density at radius 1 is 1.53 bits per heavy atom. The van der Waals surface area contributed by atoms with Gasteiger partial charge in [0.05, 0.1) is 17.8 Å². The van der Waals surface area contributed by atoms with Crippen LogP contribution in [-0.4, -0.2) is 44.7 Å². The molecule has 1 amide bonds. The molecule has 17 heavy (non-hydrogen) atoms. The minimum atomic E-state index is -0.579. The normalized spacial score (nSPS) is 11.6. The van der Waals surface area contributed by atoms with Crippen molar-refractivity contribution in [2.24, 2.45) is 0 Å². The Kier molecular flexibility index (Phi) is 4.59. The first-order valence-corrected chi connectivity index (χ1v) is 6.41. The summed E-state index contributed by atoms with van der Waals surface area (Å²) in [6, 6.07) is 0. The molecule has 0 aliphatic rings. The van der Waals surface area contributed by atoms with Gasteiger partial charge in [0.25, 0.3) is 5.91 Å². The van der Waals surface area contributed by atoms with Crippen LogP contribution in [-0.2, 0) is 6.42 Å². The van der Waals surface area contributed by atoms with Crippen molar-refractivity contribution in [2.75, 3.05) is 13.7 Å². The van der Waals surface area contributed by atoms with Crippen molar-refractivity contribution >= 4 is 17.4 Å². The number of hydrogen-bond acceptors (Lipinski definition) is 5. The number of aliphatic hydroxyl groups excluding tert-OH is 1. The average Bonchev–Trinajstić information content (AvgIpc) is 2.76. The SMILES string of the molecule is CCCc1nnsc1C(=O)N(C)C(C)(C)CO. The fraction of sp³-hybridized carbons (Fsp3) is 0.727. The van der Waals surface area contributed by atoms with E-state index in [2.05, 4.69) is 9.59 Å². The number of nitrogens with zero attached hydrogens (tertiary/aromatic N) is 3. The molecule has 0 atom stereocenters. The third-order valence-electron chi connectivity index (χ3n) is 2.84. The largest absolute Gasteiger partial charge is 0.394 e. The van der Waals surface area contributed by atoms with Gasteiger partial charge in [-0.25, -0.2) is 0 Å². The number of amides is 1. The maximum absolute atomic E-state index is 12.3. The van der Waals surface area contributed by atoms with E-state index in [1.165, 1.54) is 0 Å². The Balaban J connectivity index is 2.92. The molecule has 96 valence electrons. The Bertz CT molecular complexity index is 390. The molecule has 1 rings (SSSR count). The summed E-state index contributed by atoms with van der Waals surface area (Å²) >= 11 is 1.12. The predicted molar refractivity (Wildman–Crippen MR) is 67.2 cm³/mol. The molecule has 0 aromatic carbocycles. The second kappa shape index (κ2) is 5.55. The van der Waals surface area contributed by atoms with E-state index < -0.39 is 5.54 Å². The van der Waals surface area contributed by atoms with Crippen LogP contribution in [0.2, 0.25) is 0 Å². The highest BCUT2D eigenvalue weighted by Gasteiger charge is 2.30. The predicted octanol–water partition coefficient (Wildman–Crippen LogP) is 1.33. The lowest BCUT2D eigenvalue weighted by Gasteiger charge is -2.33.